The molecule has 1 unspecified atom stereocenters. The fourth-order valence-electron chi connectivity index (χ4n) is 17.4. The number of carbonyl (C=O) groups excluding carboxylic acids is 17. The number of unbranched alkanes of at least 4 members (excludes halogenated alkanes) is 2. The molecule has 41 nitrogen and oxygen atoms in total. The van der Waals surface area contributed by atoms with Crippen LogP contribution < -0.4 is 65.1 Å². The van der Waals surface area contributed by atoms with Gasteiger partial charge in [-0.3, -0.25) is 86.9 Å². The highest BCUT2D eigenvalue weighted by molar-refractivity contribution is 8.00. The number of hydrogen-bond donors (Lipinski definition) is 18. The molecule has 3 aliphatic heterocycles. The number of aliphatic hydroxyl groups excluding tert-OH is 2. The normalized spacial score (nSPS) is 24.7. The summed E-state index contributed by atoms with van der Waals surface area (Å²) in [5.74, 6) is -19.7. The minimum atomic E-state index is -1.78. The van der Waals surface area contributed by atoms with E-state index in [1.54, 1.807) is 74.8 Å². The maximum absolute atomic E-state index is 15.8. The predicted molar refractivity (Wildman–Crippen MR) is 510 cm³/mol. The smallest absolute Gasteiger partial charge is 0.246 e. The number of halogens is 2. The maximum atomic E-state index is 15.8. The number of hydrogen-bond acceptors (Lipinski definition) is 22. The Kier molecular flexibility index (Phi) is 40.7. The number of aliphatic hydroxyl groups is 2. The van der Waals surface area contributed by atoms with E-state index in [4.69, 9.17) is 45.8 Å². The number of guanidine groups is 1. The number of Topliss-reactive ketones (excluding diaryl/α,β-unsaturated/α-hetero) is 2. The fourth-order valence-corrected chi connectivity index (χ4v) is 18.6. The molecule has 0 saturated carbocycles. The number of aromatic amines is 3. The molecule has 44 heteroatoms. The van der Waals surface area contributed by atoms with Gasteiger partial charge in [-0.1, -0.05) is 119 Å². The lowest BCUT2D eigenvalue weighted by Crippen LogP contribution is -2.60. The van der Waals surface area contributed by atoms with Crippen LogP contribution in [0.5, 0.6) is 0 Å². The van der Waals surface area contributed by atoms with Crippen molar-refractivity contribution in [3.05, 3.63) is 124 Å². The van der Waals surface area contributed by atoms with Gasteiger partial charge in [0.15, 0.2) is 17.5 Å². The number of thioether (sulfide) groups is 1. The first kappa shape index (κ1) is 108. The van der Waals surface area contributed by atoms with Gasteiger partial charge < -0.3 is 115 Å². The summed E-state index contributed by atoms with van der Waals surface area (Å²) in [5.41, 5.74) is 20.0. The predicted octanol–water partition coefficient (Wildman–Crippen LogP) is 0.854. The molecule has 6 heterocycles. The molecule has 6 aromatic rings. The Balaban J connectivity index is 1.11. The van der Waals surface area contributed by atoms with Crippen LogP contribution in [-0.4, -0.2) is 305 Å². The Bertz CT molecular complexity index is 5330. The second-order valence-electron chi connectivity index (χ2n) is 35.7. The number of likely N-dealkylation sites (N-methyl/N-ethyl adjacent to an activating group) is 3. The molecule has 3 saturated heterocycles. The number of carbonyl (C=O) groups is 17. The lowest BCUT2D eigenvalue weighted by atomic mass is 9.88. The van der Waals surface area contributed by atoms with Crippen LogP contribution in [0.3, 0.4) is 0 Å². The Morgan fingerprint density at radius 3 is 1.80 bits per heavy atom. The first-order valence-corrected chi connectivity index (χ1v) is 48.0. The Labute approximate surface area is 807 Å². The molecule has 3 fully saturated rings. The van der Waals surface area contributed by atoms with Crippen molar-refractivity contribution in [2.75, 3.05) is 65.4 Å². The van der Waals surface area contributed by atoms with Crippen molar-refractivity contribution < 1.29 is 91.7 Å². The minimum Gasteiger partial charge on any atom is -0.394 e. The molecule has 137 heavy (non-hydrogen) atoms. The first-order valence-electron chi connectivity index (χ1n) is 46.1. The van der Waals surface area contributed by atoms with E-state index in [9.17, 15) is 53.4 Å². The van der Waals surface area contributed by atoms with Gasteiger partial charge in [0, 0.05) is 137 Å². The minimum absolute atomic E-state index is 0.00685. The molecule has 3 aromatic carbocycles. The molecule has 744 valence electrons. The third kappa shape index (κ3) is 30.2. The molecule has 9 rings (SSSR count). The molecule has 0 radical (unpaired) electrons. The number of ketones is 2. The van der Waals surface area contributed by atoms with Gasteiger partial charge in [0.25, 0.3) is 0 Å². The van der Waals surface area contributed by atoms with E-state index in [1.807, 2.05) is 13.8 Å². The Morgan fingerprint density at radius 2 is 1.18 bits per heavy atom. The average molecular weight is 1960 g/mol. The summed E-state index contributed by atoms with van der Waals surface area (Å²) in [6.07, 6.45) is 2.98. The van der Waals surface area contributed by atoms with Crippen LogP contribution >= 0.6 is 35.0 Å². The number of nitrogens with zero attached hydrogens (tertiary/aromatic N) is 6. The quantitative estimate of drug-likeness (QED) is 0.0203. The molecule has 0 aliphatic carbocycles. The number of imidazole rings is 1. The molecule has 15 atom stereocenters. The number of nitrogens with two attached hydrogens (primary N) is 3. The summed E-state index contributed by atoms with van der Waals surface area (Å²) in [6.45, 7) is 6.22. The molecule has 21 N–H and O–H groups in total. The van der Waals surface area contributed by atoms with Crippen molar-refractivity contribution in [2.24, 2.45) is 35.0 Å². The molecule has 3 aromatic heterocycles. The number of amides is 15. The number of nitrogens with one attached hydrogen (secondary N) is 13. The van der Waals surface area contributed by atoms with Gasteiger partial charge in [0.2, 0.25) is 88.6 Å². The van der Waals surface area contributed by atoms with Gasteiger partial charge in [-0.2, -0.15) is 0 Å². The van der Waals surface area contributed by atoms with Crippen LogP contribution in [0.25, 0.3) is 21.8 Å². The Hall–Kier alpha value is -12.5. The van der Waals surface area contributed by atoms with Crippen molar-refractivity contribution in [2.45, 2.75) is 235 Å². The summed E-state index contributed by atoms with van der Waals surface area (Å²) < 4.78 is 0. The molecule has 0 spiro atoms. The zero-order valence-corrected chi connectivity index (χ0v) is 80.5. The van der Waals surface area contributed by atoms with Crippen LogP contribution in [0, 0.1) is 23.2 Å². The monoisotopic (exact) mass is 1960 g/mol. The molecular weight excluding hydrogens is 1830 g/mol. The molecule has 0 bridgehead atoms. The van der Waals surface area contributed by atoms with Gasteiger partial charge in [0.1, 0.15) is 66.5 Å². The number of fused-ring (bicyclic) bond motifs is 4. The van der Waals surface area contributed by atoms with Crippen LogP contribution in [-0.2, 0) is 107 Å². The number of H-pyrrole nitrogens is 3. The maximum Gasteiger partial charge on any atom is 0.246 e. The zero-order valence-electron chi connectivity index (χ0n) is 78.2. The lowest BCUT2D eigenvalue weighted by molar-refractivity contribution is -0.150. The summed E-state index contributed by atoms with van der Waals surface area (Å²) >= 11 is 13.5. The van der Waals surface area contributed by atoms with E-state index in [0.29, 0.717) is 69.9 Å². The van der Waals surface area contributed by atoms with Crippen molar-refractivity contribution >= 4 is 163 Å². The van der Waals surface area contributed by atoms with E-state index in [2.05, 4.69) is 67.8 Å². The molecule has 15 amide bonds. The number of para-hydroxylation sites is 2. The van der Waals surface area contributed by atoms with E-state index in [-0.39, 0.29) is 106 Å². The highest BCUT2D eigenvalue weighted by Crippen LogP contribution is 2.32. The van der Waals surface area contributed by atoms with E-state index in [1.165, 1.54) is 68.6 Å². The van der Waals surface area contributed by atoms with Crippen molar-refractivity contribution in [3.8, 4) is 0 Å². The highest BCUT2D eigenvalue weighted by Gasteiger charge is 2.47. The Morgan fingerprint density at radius 1 is 0.584 bits per heavy atom. The second-order valence-corrected chi connectivity index (χ2v) is 37.5. The zero-order chi connectivity index (χ0) is 100. The van der Waals surface area contributed by atoms with E-state index in [0.717, 1.165) is 26.5 Å². The van der Waals surface area contributed by atoms with E-state index >= 15 is 38.4 Å². The topological polar surface area (TPSA) is 617 Å². The van der Waals surface area contributed by atoms with Gasteiger partial charge in [-0.05, 0) is 112 Å². The van der Waals surface area contributed by atoms with Gasteiger partial charge in [0.05, 0.1) is 53.8 Å². The summed E-state index contributed by atoms with van der Waals surface area (Å²) in [4.78, 5) is 271. The summed E-state index contributed by atoms with van der Waals surface area (Å²) in [5, 5.41) is 56.1. The molecular formula is C93H128Cl2N22O19S. The molecule has 3 aliphatic rings. The van der Waals surface area contributed by atoms with Crippen LogP contribution in [0.15, 0.2) is 91.6 Å². The van der Waals surface area contributed by atoms with Gasteiger partial charge >= 0.3 is 0 Å². The van der Waals surface area contributed by atoms with Crippen LogP contribution in [0.1, 0.15) is 153 Å². The summed E-state index contributed by atoms with van der Waals surface area (Å²) in [7, 11) is 3.97. The third-order valence-electron chi connectivity index (χ3n) is 25.0. The van der Waals surface area contributed by atoms with E-state index < -0.39 is 247 Å². The number of aromatic nitrogens is 4. The second kappa shape index (κ2) is 51.6. The first-order chi connectivity index (χ1) is 65.2. The van der Waals surface area contributed by atoms with Crippen LogP contribution in [0.4, 0.5) is 0 Å². The van der Waals surface area contributed by atoms with Crippen molar-refractivity contribution in [3.63, 3.8) is 0 Å². The number of rotatable bonds is 26. The number of benzene rings is 3. The largest absolute Gasteiger partial charge is 0.394 e. The lowest BCUT2D eigenvalue weighted by Gasteiger charge is -2.36. The summed E-state index contributed by atoms with van der Waals surface area (Å²) in [6, 6.07) is 0.407. The standard InChI is InChI=1S/C93H128Cl2N22O19S/c1-9-11-24-72-86(130)107-65(23-17-29-101-93(98)99)84(128)112-71(83(127)104-44-79(97)123)47-137-48-80(124)106-68(33-52-27-28-61(94)62(95)32-52)89(133)113(6)51(5)81(125)109-69(40-78(96)122)90(134)116-30-18-26-73(116)87(131)108-66(38-57-43-100-49-105-57)85(129)110-67(31-50(3)4)91(135)117-45-58(119)39-75(117)77(121)36-53(34-55-41-102-63-21-15-13-19-59(55)63)82(126)111-70(46-118)76(120)37-54(35-56-42-103-64-22-16-14-20-60(56)64)88(132)115(8)74(25-12-10-2)92(136)114(72)7/h13-16,19-22,27-28,32,41-43,49-51,53-54,58,65-75,102-103,118-119H,9-12,17-18,23-26,29-31,33-40,44-48H2,1-8H3,(H2,96,122)(H2,97,123)(H,100,105)(H,104,127)(H,106,124)(H,107,130)(H,108,131)(H,109,125)(H,110,129)(H,111,126)(H,112,128)(H4,98,99,101)/t51-,53+,54?,58+,65-,66-,67-,68-,69-,70-,71-,72-,73-,74-,75-/m0/s1. The van der Waals surface area contributed by atoms with Crippen molar-refractivity contribution in [1.29, 1.82) is 5.41 Å². The highest BCUT2D eigenvalue weighted by atomic mass is 35.5. The number of primary amides is 2. The van der Waals surface area contributed by atoms with Crippen molar-refractivity contribution in [1.82, 2.24) is 92.3 Å². The fraction of sp³-hybridized carbons (Fsp3) is 0.538. The van der Waals surface area contributed by atoms with Gasteiger partial charge in [-0.25, -0.2) is 4.98 Å². The average Bonchev–Trinajstić information content (AvgIpc) is 1.76. The van der Waals surface area contributed by atoms with Crippen LogP contribution in [0.2, 0.25) is 10.0 Å². The third-order valence-corrected chi connectivity index (χ3v) is 26.7. The SMILES string of the molecule is CCCC[C@H]1C(=O)N(C)[C@@H](CCCC)C(=O)N[C@@H](CCCNC(=N)N)C(=O)N[C@H](C(=O)NCC(N)=O)CSCC(=O)N[C@@H](Cc2ccc(Cl)c(Cl)c2)C(=O)N(C)[C@@H](C)C(=O)N[C@@H](CC(N)=O)C(=O)N2CCC[C@H]2C(=O)N[C@@H](Cc2cnc[nH]2)C(=O)N[C@@H](CC(C)C)C(=O)N2C[C@H](O)C[C@H]2C(=O)C[C@@H](Cc2c[nH]c3ccccc23)C(=O)N[C@@H](CO)C(=O)CC(Cc2c[nH]c3ccccc23)C(=O)N1C. The van der Waals surface area contributed by atoms with Gasteiger partial charge in [-0.15, -0.1) is 11.8 Å².